The quantitative estimate of drug-likeness (QED) is 0.836. The van der Waals surface area contributed by atoms with Crippen LogP contribution in [0.1, 0.15) is 27.2 Å². The van der Waals surface area contributed by atoms with Crippen molar-refractivity contribution >= 4 is 5.91 Å². The highest BCUT2D eigenvalue weighted by Gasteiger charge is 2.23. The lowest BCUT2D eigenvalue weighted by atomic mass is 9.96. The normalized spacial score (nSPS) is 17.2. The third-order valence-electron chi connectivity index (χ3n) is 3.82. The van der Waals surface area contributed by atoms with E-state index in [1.807, 2.05) is 4.90 Å². The standard InChI is InChI=1S/C18H27FN2O2/c1-18(2,3)14-20-9-8-17(22)21(11-10-20)12-13-23-16-6-4-15(19)5-7-16/h4-7H,8-14H2,1-3H3. The van der Waals surface area contributed by atoms with Crippen molar-refractivity contribution in [2.75, 3.05) is 39.3 Å². The second kappa shape index (κ2) is 7.77. The van der Waals surface area contributed by atoms with Gasteiger partial charge in [0.2, 0.25) is 5.91 Å². The zero-order valence-corrected chi connectivity index (χ0v) is 14.3. The number of hydrogen-bond donors (Lipinski definition) is 0. The Morgan fingerprint density at radius 3 is 2.48 bits per heavy atom. The average Bonchev–Trinajstić information content (AvgIpc) is 2.63. The molecule has 0 unspecified atom stereocenters. The molecule has 0 saturated carbocycles. The number of carbonyl (C=O) groups is 1. The van der Waals surface area contributed by atoms with Crippen LogP contribution in [0, 0.1) is 11.2 Å². The zero-order valence-electron chi connectivity index (χ0n) is 14.3. The summed E-state index contributed by atoms with van der Waals surface area (Å²) in [6.45, 7) is 11.1. The summed E-state index contributed by atoms with van der Waals surface area (Å²) in [7, 11) is 0. The van der Waals surface area contributed by atoms with E-state index in [1.165, 1.54) is 12.1 Å². The lowest BCUT2D eigenvalue weighted by Crippen LogP contribution is -2.38. The molecule has 0 aliphatic carbocycles. The molecule has 5 heteroatoms. The van der Waals surface area contributed by atoms with E-state index in [0.717, 1.165) is 26.2 Å². The highest BCUT2D eigenvalue weighted by atomic mass is 19.1. The van der Waals surface area contributed by atoms with Crippen LogP contribution in [0.4, 0.5) is 4.39 Å². The molecular formula is C18H27FN2O2. The fourth-order valence-electron chi connectivity index (χ4n) is 2.78. The Labute approximate surface area is 138 Å². The first kappa shape index (κ1) is 17.7. The summed E-state index contributed by atoms with van der Waals surface area (Å²) in [5.41, 5.74) is 0.240. The van der Waals surface area contributed by atoms with E-state index in [4.69, 9.17) is 4.74 Å². The summed E-state index contributed by atoms with van der Waals surface area (Å²) >= 11 is 0. The number of amides is 1. The van der Waals surface area contributed by atoms with E-state index < -0.39 is 0 Å². The first-order valence-corrected chi connectivity index (χ1v) is 8.22. The summed E-state index contributed by atoms with van der Waals surface area (Å²) in [6, 6.07) is 5.95. The Morgan fingerprint density at radius 1 is 1.13 bits per heavy atom. The smallest absolute Gasteiger partial charge is 0.224 e. The van der Waals surface area contributed by atoms with Gasteiger partial charge < -0.3 is 14.5 Å². The number of carbonyl (C=O) groups excluding carboxylic acids is 1. The molecule has 1 saturated heterocycles. The summed E-state index contributed by atoms with van der Waals surface area (Å²) in [4.78, 5) is 16.4. The van der Waals surface area contributed by atoms with Crippen LogP contribution >= 0.6 is 0 Å². The Morgan fingerprint density at radius 2 is 1.83 bits per heavy atom. The van der Waals surface area contributed by atoms with Gasteiger partial charge in [-0.2, -0.15) is 0 Å². The highest BCUT2D eigenvalue weighted by Crippen LogP contribution is 2.17. The third kappa shape index (κ3) is 6.18. The Hall–Kier alpha value is -1.62. The van der Waals surface area contributed by atoms with Gasteiger partial charge in [-0.3, -0.25) is 4.79 Å². The molecule has 4 nitrogen and oxygen atoms in total. The minimum atomic E-state index is -0.279. The molecule has 2 rings (SSSR count). The zero-order chi connectivity index (χ0) is 16.9. The van der Waals surface area contributed by atoms with E-state index in [-0.39, 0.29) is 17.1 Å². The molecule has 0 aromatic heterocycles. The molecule has 1 heterocycles. The van der Waals surface area contributed by atoms with Crippen molar-refractivity contribution in [3.8, 4) is 5.75 Å². The van der Waals surface area contributed by atoms with Gasteiger partial charge in [0.25, 0.3) is 0 Å². The molecule has 0 spiro atoms. The van der Waals surface area contributed by atoms with Gasteiger partial charge in [-0.25, -0.2) is 4.39 Å². The largest absolute Gasteiger partial charge is 0.492 e. The predicted molar refractivity (Wildman–Crippen MR) is 89.0 cm³/mol. The van der Waals surface area contributed by atoms with Crippen LogP contribution in [0.5, 0.6) is 5.75 Å². The summed E-state index contributed by atoms with van der Waals surface area (Å²) in [5.74, 6) is 0.533. The van der Waals surface area contributed by atoms with Gasteiger partial charge >= 0.3 is 0 Å². The fourth-order valence-corrected chi connectivity index (χ4v) is 2.78. The first-order chi connectivity index (χ1) is 10.8. The minimum Gasteiger partial charge on any atom is -0.492 e. The summed E-state index contributed by atoms with van der Waals surface area (Å²) in [5, 5.41) is 0. The number of nitrogens with zero attached hydrogens (tertiary/aromatic N) is 2. The third-order valence-corrected chi connectivity index (χ3v) is 3.82. The highest BCUT2D eigenvalue weighted by molar-refractivity contribution is 5.76. The molecule has 1 amide bonds. The molecule has 0 radical (unpaired) electrons. The van der Waals surface area contributed by atoms with Crippen LogP contribution in [0.25, 0.3) is 0 Å². The van der Waals surface area contributed by atoms with Gasteiger partial charge in [0.1, 0.15) is 18.2 Å². The number of rotatable bonds is 5. The van der Waals surface area contributed by atoms with Gasteiger partial charge in [0.05, 0.1) is 6.54 Å². The SMILES string of the molecule is CC(C)(C)CN1CCC(=O)N(CCOc2ccc(F)cc2)CC1. The van der Waals surface area contributed by atoms with Crippen LogP contribution in [0.3, 0.4) is 0 Å². The topological polar surface area (TPSA) is 32.8 Å². The van der Waals surface area contributed by atoms with E-state index in [1.54, 1.807) is 12.1 Å². The Bertz CT molecular complexity index is 511. The molecule has 1 aliphatic heterocycles. The minimum absolute atomic E-state index is 0.184. The van der Waals surface area contributed by atoms with Crippen molar-refractivity contribution in [1.82, 2.24) is 9.80 Å². The molecule has 1 aliphatic rings. The van der Waals surface area contributed by atoms with Crippen molar-refractivity contribution in [3.63, 3.8) is 0 Å². The van der Waals surface area contributed by atoms with Gasteiger partial charge in [0, 0.05) is 32.6 Å². The maximum absolute atomic E-state index is 12.8. The molecule has 1 aromatic carbocycles. The van der Waals surface area contributed by atoms with Gasteiger partial charge in [-0.15, -0.1) is 0 Å². The molecule has 0 bridgehead atoms. The van der Waals surface area contributed by atoms with Crippen molar-refractivity contribution < 1.29 is 13.9 Å². The molecule has 1 aromatic rings. The van der Waals surface area contributed by atoms with Gasteiger partial charge in [-0.05, 0) is 29.7 Å². The van der Waals surface area contributed by atoms with Crippen molar-refractivity contribution in [3.05, 3.63) is 30.1 Å². The Kier molecular flexibility index (Phi) is 5.99. The average molecular weight is 322 g/mol. The van der Waals surface area contributed by atoms with Crippen LogP contribution < -0.4 is 4.74 Å². The lowest BCUT2D eigenvalue weighted by Gasteiger charge is -2.28. The molecular weight excluding hydrogens is 295 g/mol. The monoisotopic (exact) mass is 322 g/mol. The first-order valence-electron chi connectivity index (χ1n) is 8.22. The van der Waals surface area contributed by atoms with Crippen molar-refractivity contribution in [2.45, 2.75) is 27.2 Å². The number of benzene rings is 1. The summed E-state index contributed by atoms with van der Waals surface area (Å²) < 4.78 is 18.4. The summed E-state index contributed by atoms with van der Waals surface area (Å²) in [6.07, 6.45) is 0.562. The molecule has 0 N–H and O–H groups in total. The van der Waals surface area contributed by atoms with Gasteiger partial charge in [-0.1, -0.05) is 20.8 Å². The molecule has 1 fully saturated rings. The second-order valence-electron chi connectivity index (χ2n) is 7.27. The van der Waals surface area contributed by atoms with Crippen LogP contribution in [-0.4, -0.2) is 55.0 Å². The molecule has 0 atom stereocenters. The lowest BCUT2D eigenvalue weighted by molar-refractivity contribution is -0.130. The number of halogens is 1. The second-order valence-corrected chi connectivity index (χ2v) is 7.27. The maximum atomic E-state index is 12.8. The number of hydrogen-bond acceptors (Lipinski definition) is 3. The fraction of sp³-hybridized carbons (Fsp3) is 0.611. The van der Waals surface area contributed by atoms with Crippen LogP contribution in [0.2, 0.25) is 0 Å². The van der Waals surface area contributed by atoms with Crippen LogP contribution in [-0.2, 0) is 4.79 Å². The van der Waals surface area contributed by atoms with Gasteiger partial charge in [0.15, 0.2) is 0 Å². The molecule has 128 valence electrons. The maximum Gasteiger partial charge on any atom is 0.224 e. The predicted octanol–water partition coefficient (Wildman–Crippen LogP) is 2.78. The van der Waals surface area contributed by atoms with E-state index in [2.05, 4.69) is 25.7 Å². The number of ether oxygens (including phenoxy) is 1. The Balaban J connectivity index is 1.78. The molecule has 23 heavy (non-hydrogen) atoms. The van der Waals surface area contributed by atoms with E-state index in [9.17, 15) is 9.18 Å². The van der Waals surface area contributed by atoms with Crippen molar-refractivity contribution in [2.24, 2.45) is 5.41 Å². The van der Waals surface area contributed by atoms with Crippen molar-refractivity contribution in [1.29, 1.82) is 0 Å². The van der Waals surface area contributed by atoms with E-state index >= 15 is 0 Å². The van der Waals surface area contributed by atoms with Crippen LogP contribution in [0.15, 0.2) is 24.3 Å². The van der Waals surface area contributed by atoms with E-state index in [0.29, 0.717) is 25.3 Å².